The van der Waals surface area contributed by atoms with Gasteiger partial charge < -0.3 is 9.84 Å². The molecule has 3 aliphatic rings. The third kappa shape index (κ3) is 2.98. The van der Waals surface area contributed by atoms with E-state index in [1.807, 2.05) is 24.9 Å². The molecule has 0 spiro atoms. The molecule has 2 atom stereocenters. The topological polar surface area (TPSA) is 70.8 Å². The van der Waals surface area contributed by atoms with Gasteiger partial charge in [0, 0.05) is 76.7 Å². The highest BCUT2D eigenvalue weighted by Gasteiger charge is 2.58. The second-order valence-electron chi connectivity index (χ2n) is 8.01. The Bertz CT molecular complexity index is 655. The Kier molecular flexibility index (Phi) is 4.33. The van der Waals surface area contributed by atoms with Crippen molar-refractivity contribution in [3.8, 4) is 0 Å². The zero-order chi connectivity index (χ0) is 17.6. The maximum absolute atomic E-state index is 12.2. The first-order valence-corrected chi connectivity index (χ1v) is 9.24. The van der Waals surface area contributed by atoms with Crippen LogP contribution in [0, 0.1) is 18.3 Å². The Hall–Kier alpha value is -1.44. The lowest BCUT2D eigenvalue weighted by atomic mass is 9.81. The predicted octanol–water partition coefficient (Wildman–Crippen LogP) is 0.726. The van der Waals surface area contributed by atoms with Crippen molar-refractivity contribution < 1.29 is 14.6 Å². The van der Waals surface area contributed by atoms with Crippen LogP contribution in [0.4, 0.5) is 0 Å². The molecule has 138 valence electrons. The van der Waals surface area contributed by atoms with Crippen LogP contribution in [0.25, 0.3) is 0 Å². The molecule has 4 rings (SSSR count). The lowest BCUT2D eigenvalue weighted by Gasteiger charge is -2.33. The van der Waals surface area contributed by atoms with Gasteiger partial charge in [-0.25, -0.2) is 0 Å². The Morgan fingerprint density at radius 3 is 2.72 bits per heavy atom. The average Bonchev–Trinajstić information content (AvgIpc) is 3.19. The summed E-state index contributed by atoms with van der Waals surface area (Å²) in [5.41, 5.74) is 1.62. The lowest BCUT2D eigenvalue weighted by molar-refractivity contribution is -0.149. The van der Waals surface area contributed by atoms with Crippen LogP contribution in [0.3, 0.4) is 0 Å². The molecule has 0 bridgehead atoms. The summed E-state index contributed by atoms with van der Waals surface area (Å²) < 4.78 is 7.30. The minimum absolute atomic E-state index is 0.213. The zero-order valence-electron chi connectivity index (χ0n) is 15.1. The van der Waals surface area contributed by atoms with Crippen molar-refractivity contribution in [3.63, 3.8) is 0 Å². The minimum atomic E-state index is -0.627. The quantitative estimate of drug-likeness (QED) is 0.865. The fourth-order valence-corrected chi connectivity index (χ4v) is 5.00. The number of rotatable bonds is 4. The molecule has 3 saturated heterocycles. The maximum atomic E-state index is 12.2. The van der Waals surface area contributed by atoms with Gasteiger partial charge in [0.25, 0.3) is 0 Å². The molecule has 0 saturated carbocycles. The van der Waals surface area contributed by atoms with E-state index in [4.69, 9.17) is 4.74 Å². The number of carboxylic acid groups (broad SMARTS) is 1. The van der Waals surface area contributed by atoms with Gasteiger partial charge in [-0.2, -0.15) is 5.10 Å². The van der Waals surface area contributed by atoms with Crippen LogP contribution in [0.15, 0.2) is 6.20 Å². The van der Waals surface area contributed by atoms with Gasteiger partial charge in [-0.3, -0.25) is 19.3 Å². The van der Waals surface area contributed by atoms with Gasteiger partial charge in [0.15, 0.2) is 0 Å². The van der Waals surface area contributed by atoms with Gasteiger partial charge in [-0.15, -0.1) is 0 Å². The number of aliphatic carboxylic acids is 1. The van der Waals surface area contributed by atoms with Crippen molar-refractivity contribution in [2.75, 3.05) is 39.4 Å². The van der Waals surface area contributed by atoms with Crippen LogP contribution in [0.1, 0.15) is 24.1 Å². The van der Waals surface area contributed by atoms with Gasteiger partial charge in [-0.05, 0) is 19.8 Å². The summed E-state index contributed by atoms with van der Waals surface area (Å²) >= 11 is 0. The van der Waals surface area contributed by atoms with Gasteiger partial charge >= 0.3 is 5.97 Å². The largest absolute Gasteiger partial charge is 0.481 e. The number of carbonyl (C=O) groups is 1. The van der Waals surface area contributed by atoms with Crippen molar-refractivity contribution >= 4 is 5.97 Å². The molecule has 0 radical (unpaired) electrons. The molecule has 1 N–H and O–H groups in total. The molecule has 1 aromatic rings. The molecule has 0 aromatic carbocycles. The van der Waals surface area contributed by atoms with Crippen molar-refractivity contribution in [2.45, 2.75) is 32.4 Å². The summed E-state index contributed by atoms with van der Waals surface area (Å²) in [5.74, 6) is -0.415. The Morgan fingerprint density at radius 2 is 2.12 bits per heavy atom. The molecule has 0 amide bonds. The van der Waals surface area contributed by atoms with Gasteiger partial charge in [0.05, 0.1) is 11.1 Å². The van der Waals surface area contributed by atoms with Gasteiger partial charge in [0.2, 0.25) is 0 Å². The second kappa shape index (κ2) is 6.37. The van der Waals surface area contributed by atoms with Crippen LogP contribution in [-0.2, 0) is 23.1 Å². The summed E-state index contributed by atoms with van der Waals surface area (Å²) in [6.45, 7) is 7.51. The molecule has 3 fully saturated rings. The first-order valence-electron chi connectivity index (χ1n) is 9.24. The number of carboxylic acids is 1. The van der Waals surface area contributed by atoms with Crippen molar-refractivity contribution in [2.24, 2.45) is 18.4 Å². The first-order chi connectivity index (χ1) is 12.0. The summed E-state index contributed by atoms with van der Waals surface area (Å²) in [6, 6.07) is 0.490. The molecule has 3 aliphatic heterocycles. The summed E-state index contributed by atoms with van der Waals surface area (Å²) in [6.07, 6.45) is 4.10. The highest BCUT2D eigenvalue weighted by Crippen LogP contribution is 2.44. The maximum Gasteiger partial charge on any atom is 0.312 e. The van der Waals surface area contributed by atoms with Crippen molar-refractivity contribution in [3.05, 3.63) is 17.5 Å². The summed E-state index contributed by atoms with van der Waals surface area (Å²) in [4.78, 5) is 16.9. The third-order valence-electron chi connectivity index (χ3n) is 6.35. The molecule has 25 heavy (non-hydrogen) atoms. The number of aromatic nitrogens is 2. The molecular formula is C18H28N4O3. The molecule has 7 nitrogen and oxygen atoms in total. The van der Waals surface area contributed by atoms with E-state index in [0.717, 1.165) is 51.4 Å². The van der Waals surface area contributed by atoms with Crippen molar-refractivity contribution in [1.29, 1.82) is 0 Å². The van der Waals surface area contributed by atoms with E-state index in [2.05, 4.69) is 14.9 Å². The smallest absolute Gasteiger partial charge is 0.312 e. The monoisotopic (exact) mass is 348 g/mol. The van der Waals surface area contributed by atoms with E-state index >= 15 is 0 Å². The number of aryl methyl sites for hydroxylation is 2. The number of hydrogen-bond acceptors (Lipinski definition) is 5. The SMILES string of the molecule is Cc1nn(C)cc1CN1C[C@H]2CN(C3CCOCC3)C[C@@]2(C(=O)O)C1. The van der Waals surface area contributed by atoms with Gasteiger partial charge in [0.1, 0.15) is 0 Å². The fraction of sp³-hybridized carbons (Fsp3) is 0.778. The number of nitrogens with zero attached hydrogens (tertiary/aromatic N) is 4. The number of ether oxygens (including phenoxy) is 1. The summed E-state index contributed by atoms with van der Waals surface area (Å²) in [7, 11) is 1.93. The Morgan fingerprint density at radius 1 is 1.36 bits per heavy atom. The fourth-order valence-electron chi connectivity index (χ4n) is 5.00. The van der Waals surface area contributed by atoms with Crippen LogP contribution >= 0.6 is 0 Å². The summed E-state index contributed by atoms with van der Waals surface area (Å²) in [5, 5.41) is 14.4. The normalized spacial score (nSPS) is 31.5. The third-order valence-corrected chi connectivity index (χ3v) is 6.35. The molecule has 4 heterocycles. The standard InChI is InChI=1S/C18H28N4O3/c1-13-14(7-20(2)19-13)8-21-9-15-10-22(16-3-5-25-6-4-16)12-18(15,11-21)17(23)24/h7,15-16H,3-6,8-12H2,1-2H3,(H,23,24)/t15-,18-/m0/s1. The zero-order valence-corrected chi connectivity index (χ0v) is 15.1. The molecular weight excluding hydrogens is 320 g/mol. The van der Waals surface area contributed by atoms with Crippen LogP contribution in [0.2, 0.25) is 0 Å². The Balaban J connectivity index is 1.47. The predicted molar refractivity (Wildman–Crippen MR) is 92.2 cm³/mol. The van der Waals surface area contributed by atoms with E-state index in [-0.39, 0.29) is 5.92 Å². The number of likely N-dealkylation sites (tertiary alicyclic amines) is 2. The van der Waals surface area contributed by atoms with Crippen molar-refractivity contribution in [1.82, 2.24) is 19.6 Å². The van der Waals surface area contributed by atoms with E-state index < -0.39 is 11.4 Å². The molecule has 0 aliphatic carbocycles. The van der Waals surface area contributed by atoms with E-state index in [1.54, 1.807) is 0 Å². The highest BCUT2D eigenvalue weighted by molar-refractivity contribution is 5.77. The Labute approximate surface area is 148 Å². The number of hydrogen-bond donors (Lipinski definition) is 1. The average molecular weight is 348 g/mol. The first kappa shape index (κ1) is 17.0. The molecule has 1 aromatic heterocycles. The second-order valence-corrected chi connectivity index (χ2v) is 8.01. The van der Waals surface area contributed by atoms with E-state index in [1.165, 1.54) is 5.56 Å². The van der Waals surface area contributed by atoms with Crippen LogP contribution < -0.4 is 0 Å². The van der Waals surface area contributed by atoms with Gasteiger partial charge in [-0.1, -0.05) is 0 Å². The minimum Gasteiger partial charge on any atom is -0.481 e. The van der Waals surface area contributed by atoms with E-state index in [0.29, 0.717) is 19.1 Å². The highest BCUT2D eigenvalue weighted by atomic mass is 16.5. The number of fused-ring (bicyclic) bond motifs is 1. The van der Waals surface area contributed by atoms with Crippen LogP contribution in [-0.4, -0.2) is 76.1 Å². The van der Waals surface area contributed by atoms with Crippen LogP contribution in [0.5, 0.6) is 0 Å². The molecule has 7 heteroatoms. The lowest BCUT2D eigenvalue weighted by Crippen LogP contribution is -2.44. The van der Waals surface area contributed by atoms with E-state index in [9.17, 15) is 9.90 Å². The molecule has 0 unspecified atom stereocenters.